The van der Waals surface area contributed by atoms with Crippen LogP contribution in [0.5, 0.6) is 0 Å². The molecule has 8 nitrogen and oxygen atoms in total. The van der Waals surface area contributed by atoms with Gasteiger partial charge in [-0.25, -0.2) is 23.4 Å². The Morgan fingerprint density at radius 2 is 1.87 bits per heavy atom. The monoisotopic (exact) mass is 555 g/mol. The lowest BCUT2D eigenvalue weighted by atomic mass is 10.1. The molecule has 3 aromatic heterocycles. The van der Waals surface area contributed by atoms with Gasteiger partial charge in [0, 0.05) is 29.4 Å². The number of fused-ring (bicyclic) bond motifs is 1. The van der Waals surface area contributed by atoms with Crippen LogP contribution >= 0.6 is 11.3 Å². The molecule has 1 saturated carbocycles. The number of amides is 1. The minimum atomic E-state index is -2.63. The fourth-order valence-electron chi connectivity index (χ4n) is 4.27. The number of aromatic amines is 1. The van der Waals surface area contributed by atoms with Crippen LogP contribution in [0.15, 0.2) is 36.5 Å². The van der Waals surface area contributed by atoms with Gasteiger partial charge in [0.05, 0.1) is 11.8 Å². The number of aryl methyl sites for hydroxylation is 1. The second-order valence-electron chi connectivity index (χ2n) is 9.31. The van der Waals surface area contributed by atoms with Gasteiger partial charge in [-0.05, 0) is 25.2 Å². The fraction of sp³-hybridized carbons (Fsp3) is 0.464. The summed E-state index contributed by atoms with van der Waals surface area (Å²) in [6.45, 7) is 8.89. The largest absolute Gasteiger partial charge is 0.347 e. The highest BCUT2D eigenvalue weighted by Gasteiger charge is 2.34. The van der Waals surface area contributed by atoms with E-state index in [0.29, 0.717) is 40.7 Å². The predicted octanol–water partition coefficient (Wildman–Crippen LogP) is 6.79. The van der Waals surface area contributed by atoms with Gasteiger partial charge in [0.25, 0.3) is 12.3 Å². The van der Waals surface area contributed by atoms with E-state index in [1.807, 2.05) is 48.9 Å². The molecule has 1 aromatic carbocycles. The van der Waals surface area contributed by atoms with Crippen molar-refractivity contribution in [3.63, 3.8) is 0 Å². The Kier molecular flexibility index (Phi) is 9.55. The SMILES string of the molecule is CC.CCC.O=C(NC1CCn2nc(-c3ccccc3)nc2C1)c1[nH]ncc1-c1nc(C(F)F)c(C2CC2)s1. The van der Waals surface area contributed by atoms with E-state index in [4.69, 9.17) is 0 Å². The number of thiazole rings is 1. The third-order valence-electron chi connectivity index (χ3n) is 6.17. The number of aromatic nitrogens is 6. The number of rotatable bonds is 6. The van der Waals surface area contributed by atoms with Crippen LogP contribution in [0.25, 0.3) is 22.0 Å². The van der Waals surface area contributed by atoms with Gasteiger partial charge in [-0.2, -0.15) is 10.2 Å². The summed E-state index contributed by atoms with van der Waals surface area (Å²) in [6, 6.07) is 9.64. The highest BCUT2D eigenvalue weighted by atomic mass is 32.1. The Balaban J connectivity index is 0.000000662. The molecule has 2 aliphatic rings. The molecule has 0 radical (unpaired) electrons. The molecule has 1 amide bonds. The molecule has 1 atom stereocenters. The van der Waals surface area contributed by atoms with E-state index in [1.165, 1.54) is 24.0 Å². The Hall–Kier alpha value is -3.47. The van der Waals surface area contributed by atoms with E-state index < -0.39 is 6.43 Å². The van der Waals surface area contributed by atoms with Crippen molar-refractivity contribution in [3.05, 3.63) is 58.6 Å². The molecule has 1 unspecified atom stereocenters. The Bertz CT molecular complexity index is 1340. The lowest BCUT2D eigenvalue weighted by Gasteiger charge is -2.23. The van der Waals surface area contributed by atoms with Crippen LogP contribution in [0.4, 0.5) is 8.78 Å². The predicted molar refractivity (Wildman–Crippen MR) is 149 cm³/mol. The van der Waals surface area contributed by atoms with Gasteiger partial charge in [0.15, 0.2) is 5.82 Å². The molecule has 0 spiro atoms. The number of carbonyl (C=O) groups is 1. The van der Waals surface area contributed by atoms with Crippen molar-refractivity contribution in [2.75, 3.05) is 0 Å². The number of carbonyl (C=O) groups excluding carboxylic acids is 1. The van der Waals surface area contributed by atoms with E-state index >= 15 is 0 Å². The fourth-order valence-corrected chi connectivity index (χ4v) is 5.53. The minimum Gasteiger partial charge on any atom is -0.347 e. The lowest BCUT2D eigenvalue weighted by Crippen LogP contribution is -2.40. The van der Waals surface area contributed by atoms with Gasteiger partial charge in [-0.15, -0.1) is 11.3 Å². The van der Waals surface area contributed by atoms with Crippen molar-refractivity contribution >= 4 is 17.2 Å². The number of benzene rings is 1. The number of alkyl halides is 2. The van der Waals surface area contributed by atoms with Crippen LogP contribution in [0, 0.1) is 0 Å². The van der Waals surface area contributed by atoms with Crippen LogP contribution in [-0.4, -0.2) is 41.9 Å². The summed E-state index contributed by atoms with van der Waals surface area (Å²) in [6.07, 6.45) is 3.15. The first-order valence-electron chi connectivity index (χ1n) is 13.6. The second kappa shape index (κ2) is 13.1. The molecule has 6 rings (SSSR count). The van der Waals surface area contributed by atoms with Gasteiger partial charge >= 0.3 is 0 Å². The zero-order valence-corrected chi connectivity index (χ0v) is 23.6. The number of hydrogen-bond acceptors (Lipinski definition) is 6. The van der Waals surface area contributed by atoms with E-state index in [1.54, 1.807) is 0 Å². The summed E-state index contributed by atoms with van der Waals surface area (Å²) >= 11 is 1.23. The summed E-state index contributed by atoms with van der Waals surface area (Å²) in [5.74, 6) is 1.30. The summed E-state index contributed by atoms with van der Waals surface area (Å²) in [5.41, 5.74) is 1.45. The second-order valence-corrected chi connectivity index (χ2v) is 10.3. The van der Waals surface area contributed by atoms with E-state index in [9.17, 15) is 13.6 Å². The van der Waals surface area contributed by atoms with Crippen LogP contribution in [0.2, 0.25) is 0 Å². The first kappa shape index (κ1) is 28.5. The molecule has 208 valence electrons. The van der Waals surface area contributed by atoms with Gasteiger partial charge in [-0.1, -0.05) is 64.4 Å². The maximum atomic E-state index is 13.5. The summed E-state index contributed by atoms with van der Waals surface area (Å²) in [5, 5.41) is 14.7. The Morgan fingerprint density at radius 1 is 1.15 bits per heavy atom. The maximum Gasteiger partial charge on any atom is 0.281 e. The molecule has 1 aliphatic carbocycles. The van der Waals surface area contributed by atoms with E-state index in [-0.39, 0.29) is 29.3 Å². The molecular formula is C28H35F2N7OS. The van der Waals surface area contributed by atoms with Crippen molar-refractivity contribution < 1.29 is 13.6 Å². The number of halogens is 2. The van der Waals surface area contributed by atoms with E-state index in [0.717, 1.165) is 24.2 Å². The lowest BCUT2D eigenvalue weighted by molar-refractivity contribution is 0.0925. The Morgan fingerprint density at radius 3 is 2.54 bits per heavy atom. The molecule has 1 aliphatic heterocycles. The van der Waals surface area contributed by atoms with Crippen molar-refractivity contribution in [2.24, 2.45) is 0 Å². The summed E-state index contributed by atoms with van der Waals surface area (Å²) in [4.78, 5) is 22.5. The molecule has 11 heteroatoms. The quantitative estimate of drug-likeness (QED) is 0.273. The van der Waals surface area contributed by atoms with Crippen LogP contribution in [0.3, 0.4) is 0 Å². The number of nitrogens with one attached hydrogen (secondary N) is 2. The highest BCUT2D eigenvalue weighted by Crippen LogP contribution is 2.48. The first-order valence-corrected chi connectivity index (χ1v) is 14.4. The summed E-state index contributed by atoms with van der Waals surface area (Å²) in [7, 11) is 0. The molecule has 1 fully saturated rings. The maximum absolute atomic E-state index is 13.5. The molecule has 0 saturated heterocycles. The number of hydrogen-bond donors (Lipinski definition) is 2. The topological polar surface area (TPSA) is 101 Å². The smallest absolute Gasteiger partial charge is 0.281 e. The zero-order chi connectivity index (χ0) is 27.9. The number of H-pyrrole nitrogens is 1. The van der Waals surface area contributed by atoms with Crippen LogP contribution in [0.1, 0.15) is 92.6 Å². The Labute approximate surface area is 231 Å². The van der Waals surface area contributed by atoms with Gasteiger partial charge in [0.2, 0.25) is 0 Å². The van der Waals surface area contributed by atoms with Crippen molar-refractivity contribution in [2.45, 2.75) is 84.7 Å². The average molecular weight is 556 g/mol. The van der Waals surface area contributed by atoms with Crippen LogP contribution < -0.4 is 5.32 Å². The van der Waals surface area contributed by atoms with Gasteiger partial charge in [0.1, 0.15) is 22.2 Å². The third-order valence-corrected chi connectivity index (χ3v) is 7.43. The molecule has 0 bridgehead atoms. The normalized spacial score (nSPS) is 16.0. The standard InChI is InChI=1S/C23H21F2N7OS.C3H8.C2H6/c24-20(25)18-19(12-6-7-12)34-23(29-18)15-11-26-30-17(15)22(33)27-14-8-9-32-16(10-14)28-21(31-32)13-4-2-1-3-5-13;1-3-2;1-2/h1-5,11-12,14,20H,6-10H2,(H,26,30)(H,27,33);3H2,1-2H3;1-2H3. The van der Waals surface area contributed by atoms with E-state index in [2.05, 4.69) is 44.4 Å². The summed E-state index contributed by atoms with van der Waals surface area (Å²) < 4.78 is 28.9. The molecule has 2 N–H and O–H groups in total. The third kappa shape index (κ3) is 6.58. The van der Waals surface area contributed by atoms with Crippen LogP contribution in [-0.2, 0) is 13.0 Å². The molecule has 39 heavy (non-hydrogen) atoms. The highest BCUT2D eigenvalue weighted by molar-refractivity contribution is 7.15. The average Bonchev–Trinajstić information content (AvgIpc) is 3.32. The molecule has 4 heterocycles. The van der Waals surface area contributed by atoms with Crippen molar-refractivity contribution in [1.82, 2.24) is 35.3 Å². The van der Waals surface area contributed by atoms with Crippen molar-refractivity contribution in [3.8, 4) is 22.0 Å². The molecular weight excluding hydrogens is 520 g/mol. The molecule has 4 aromatic rings. The first-order chi connectivity index (χ1) is 19.0. The zero-order valence-electron chi connectivity index (χ0n) is 22.7. The number of nitrogens with zero attached hydrogens (tertiary/aromatic N) is 5. The minimum absolute atomic E-state index is 0.126. The van der Waals surface area contributed by atoms with Gasteiger partial charge in [-0.3, -0.25) is 9.89 Å². The van der Waals surface area contributed by atoms with Gasteiger partial charge < -0.3 is 5.32 Å². The van der Waals surface area contributed by atoms with Crippen molar-refractivity contribution in [1.29, 1.82) is 0 Å².